The normalized spacial score (nSPS) is 10.2. The first-order valence-electron chi connectivity index (χ1n) is 10.1. The zero-order valence-electron chi connectivity index (χ0n) is 17.8. The fourth-order valence-electron chi connectivity index (χ4n) is 3.05. The molecular weight excluding hydrogens is 406 g/mol. The number of amides is 3. The summed E-state index contributed by atoms with van der Waals surface area (Å²) in [6.45, 7) is -0.0952. The number of hydrogen-bond donors (Lipinski definition) is 2. The van der Waals surface area contributed by atoms with Crippen LogP contribution in [0.1, 0.15) is 15.9 Å². The van der Waals surface area contributed by atoms with Crippen LogP contribution >= 0.6 is 0 Å². The van der Waals surface area contributed by atoms with Crippen molar-refractivity contribution in [2.75, 3.05) is 25.5 Å². The van der Waals surface area contributed by atoms with Crippen LogP contribution in [0.4, 0.5) is 5.69 Å². The molecule has 0 aliphatic heterocycles. The molecule has 0 saturated carbocycles. The molecule has 0 heterocycles. The van der Waals surface area contributed by atoms with Gasteiger partial charge in [0.2, 0.25) is 11.8 Å². The molecule has 0 aliphatic carbocycles. The van der Waals surface area contributed by atoms with Gasteiger partial charge in [-0.15, -0.1) is 0 Å². The van der Waals surface area contributed by atoms with Crippen LogP contribution in [0.15, 0.2) is 84.9 Å². The van der Waals surface area contributed by atoms with Gasteiger partial charge in [-0.3, -0.25) is 14.4 Å². The van der Waals surface area contributed by atoms with Gasteiger partial charge in [0.15, 0.2) is 0 Å². The molecule has 0 aromatic heterocycles. The topological polar surface area (TPSA) is 87.7 Å². The molecular formula is C25H25N3O4. The zero-order valence-corrected chi connectivity index (χ0v) is 17.8. The molecule has 0 saturated heterocycles. The predicted molar refractivity (Wildman–Crippen MR) is 122 cm³/mol. The number of benzene rings is 3. The van der Waals surface area contributed by atoms with Gasteiger partial charge in [0.1, 0.15) is 12.3 Å². The highest BCUT2D eigenvalue weighted by molar-refractivity contribution is 5.98. The predicted octanol–water partition coefficient (Wildman–Crippen LogP) is 3.09. The average Bonchev–Trinajstić information content (AvgIpc) is 2.83. The number of nitrogens with zero attached hydrogens (tertiary/aromatic N) is 1. The molecule has 0 fully saturated rings. The van der Waals surface area contributed by atoms with Gasteiger partial charge in [-0.25, -0.2) is 0 Å². The lowest BCUT2D eigenvalue weighted by molar-refractivity contribution is -0.124. The van der Waals surface area contributed by atoms with Crippen LogP contribution in [0.2, 0.25) is 0 Å². The van der Waals surface area contributed by atoms with Crippen LogP contribution in [0.25, 0.3) is 0 Å². The van der Waals surface area contributed by atoms with E-state index >= 15 is 0 Å². The quantitative estimate of drug-likeness (QED) is 0.545. The third kappa shape index (κ3) is 6.70. The minimum absolute atomic E-state index is 0.168. The van der Waals surface area contributed by atoms with Gasteiger partial charge >= 0.3 is 0 Å². The molecule has 0 bridgehead atoms. The van der Waals surface area contributed by atoms with Gasteiger partial charge in [-0.2, -0.15) is 0 Å². The van der Waals surface area contributed by atoms with E-state index in [0.717, 1.165) is 5.56 Å². The van der Waals surface area contributed by atoms with Crippen molar-refractivity contribution in [3.8, 4) is 5.75 Å². The molecule has 3 aromatic rings. The Labute approximate surface area is 187 Å². The lowest BCUT2D eigenvalue weighted by Gasteiger charge is -2.22. The fourth-order valence-corrected chi connectivity index (χ4v) is 3.05. The summed E-state index contributed by atoms with van der Waals surface area (Å²) in [6, 6.07) is 25.1. The molecule has 32 heavy (non-hydrogen) atoms. The molecule has 3 rings (SSSR count). The van der Waals surface area contributed by atoms with E-state index in [0.29, 0.717) is 17.0 Å². The second kappa shape index (κ2) is 11.3. The first-order valence-corrected chi connectivity index (χ1v) is 10.1. The Morgan fingerprint density at radius 1 is 0.812 bits per heavy atom. The Morgan fingerprint density at radius 3 is 2.06 bits per heavy atom. The number of ether oxygens (including phenoxy) is 1. The van der Waals surface area contributed by atoms with Crippen LogP contribution in [-0.2, 0) is 16.1 Å². The number of carbonyl (C=O) groups is 3. The summed E-state index contributed by atoms with van der Waals surface area (Å²) in [5, 5.41) is 5.28. The van der Waals surface area contributed by atoms with Gasteiger partial charge < -0.3 is 20.3 Å². The molecule has 0 unspecified atom stereocenters. The third-order valence-electron chi connectivity index (χ3n) is 4.68. The van der Waals surface area contributed by atoms with Crippen LogP contribution in [0.5, 0.6) is 5.75 Å². The van der Waals surface area contributed by atoms with E-state index in [9.17, 15) is 14.4 Å². The molecule has 0 radical (unpaired) electrons. The summed E-state index contributed by atoms with van der Waals surface area (Å²) in [7, 11) is 1.56. The summed E-state index contributed by atoms with van der Waals surface area (Å²) in [4.78, 5) is 39.1. The summed E-state index contributed by atoms with van der Waals surface area (Å²) in [6.07, 6.45) is 0. The van der Waals surface area contributed by atoms with Crippen molar-refractivity contribution in [2.24, 2.45) is 0 Å². The third-order valence-corrected chi connectivity index (χ3v) is 4.68. The van der Waals surface area contributed by atoms with Crippen LogP contribution < -0.4 is 15.4 Å². The Kier molecular flexibility index (Phi) is 7.97. The molecule has 7 heteroatoms. The van der Waals surface area contributed by atoms with Crippen LogP contribution in [-0.4, -0.2) is 42.8 Å². The van der Waals surface area contributed by atoms with Crippen molar-refractivity contribution in [3.63, 3.8) is 0 Å². The van der Waals surface area contributed by atoms with Crippen molar-refractivity contribution >= 4 is 23.4 Å². The Hall–Kier alpha value is -4.13. The fraction of sp³-hybridized carbons (Fsp3) is 0.160. The lowest BCUT2D eigenvalue weighted by Crippen LogP contribution is -2.42. The smallest absolute Gasteiger partial charge is 0.254 e. The maximum Gasteiger partial charge on any atom is 0.254 e. The minimum atomic E-state index is -0.421. The lowest BCUT2D eigenvalue weighted by atomic mass is 10.1. The molecule has 164 valence electrons. The number of anilines is 1. The zero-order chi connectivity index (χ0) is 22.8. The highest BCUT2D eigenvalue weighted by Crippen LogP contribution is 2.14. The summed E-state index contributed by atoms with van der Waals surface area (Å²) in [5.41, 5.74) is 1.99. The molecule has 0 atom stereocenters. The van der Waals surface area contributed by atoms with Gasteiger partial charge in [0.05, 0.1) is 13.7 Å². The second-order valence-electron chi connectivity index (χ2n) is 7.07. The van der Waals surface area contributed by atoms with Crippen LogP contribution in [0, 0.1) is 0 Å². The van der Waals surface area contributed by atoms with Gasteiger partial charge in [-0.05, 0) is 42.0 Å². The molecule has 0 spiro atoms. The Bertz CT molecular complexity index is 1040. The monoisotopic (exact) mass is 431 g/mol. The largest absolute Gasteiger partial charge is 0.497 e. The molecule has 0 aliphatic rings. The minimum Gasteiger partial charge on any atom is -0.497 e. The van der Waals surface area contributed by atoms with E-state index in [1.807, 2.05) is 36.4 Å². The first-order chi connectivity index (χ1) is 15.5. The van der Waals surface area contributed by atoms with Crippen molar-refractivity contribution in [1.82, 2.24) is 10.2 Å². The van der Waals surface area contributed by atoms with Crippen molar-refractivity contribution in [2.45, 2.75) is 6.54 Å². The Morgan fingerprint density at radius 2 is 1.44 bits per heavy atom. The van der Waals surface area contributed by atoms with Gasteiger partial charge in [0.25, 0.3) is 5.91 Å². The highest BCUT2D eigenvalue weighted by atomic mass is 16.5. The van der Waals surface area contributed by atoms with E-state index in [1.54, 1.807) is 55.6 Å². The maximum absolute atomic E-state index is 13.0. The summed E-state index contributed by atoms with van der Waals surface area (Å²) >= 11 is 0. The summed E-state index contributed by atoms with van der Waals surface area (Å²) < 4.78 is 5.08. The number of rotatable bonds is 9. The summed E-state index contributed by atoms with van der Waals surface area (Å²) in [5.74, 6) is -0.368. The highest BCUT2D eigenvalue weighted by Gasteiger charge is 2.19. The second-order valence-corrected chi connectivity index (χ2v) is 7.07. The van der Waals surface area contributed by atoms with Gasteiger partial charge in [0, 0.05) is 17.8 Å². The van der Waals surface area contributed by atoms with Crippen molar-refractivity contribution < 1.29 is 19.1 Å². The molecule has 3 amide bonds. The maximum atomic E-state index is 13.0. The number of hydrogen-bond acceptors (Lipinski definition) is 4. The first kappa shape index (κ1) is 22.6. The van der Waals surface area contributed by atoms with E-state index < -0.39 is 5.91 Å². The Balaban J connectivity index is 1.58. The van der Waals surface area contributed by atoms with E-state index in [-0.39, 0.29) is 31.4 Å². The van der Waals surface area contributed by atoms with Crippen LogP contribution in [0.3, 0.4) is 0 Å². The number of carbonyl (C=O) groups excluding carboxylic acids is 3. The molecule has 7 nitrogen and oxygen atoms in total. The van der Waals surface area contributed by atoms with Crippen molar-refractivity contribution in [1.29, 1.82) is 0 Å². The van der Waals surface area contributed by atoms with E-state index in [4.69, 9.17) is 4.74 Å². The number of nitrogens with one attached hydrogen (secondary N) is 2. The molecule has 2 N–H and O–H groups in total. The van der Waals surface area contributed by atoms with Crippen molar-refractivity contribution in [3.05, 3.63) is 96.1 Å². The molecule has 3 aromatic carbocycles. The standard InChI is InChI=1S/C25H25N3O4/c1-32-22-14-12-21(13-15-22)27-23(29)16-26-24(30)18-28(17-19-8-4-2-5-9-19)25(31)20-10-6-3-7-11-20/h2-15H,16-18H2,1H3,(H,26,30)(H,27,29). The number of methoxy groups -OCH3 is 1. The van der Waals surface area contributed by atoms with E-state index in [1.165, 1.54) is 4.90 Å². The van der Waals surface area contributed by atoms with E-state index in [2.05, 4.69) is 10.6 Å². The SMILES string of the molecule is COc1ccc(NC(=O)CNC(=O)CN(Cc2ccccc2)C(=O)c2ccccc2)cc1. The average molecular weight is 431 g/mol. The van der Waals surface area contributed by atoms with Gasteiger partial charge in [-0.1, -0.05) is 48.5 Å².